The first kappa shape index (κ1) is 41.8. The first-order valence-electron chi connectivity index (χ1n) is 19.9. The van der Waals surface area contributed by atoms with Crippen LogP contribution >= 0.6 is 11.3 Å². The molecule has 0 spiro atoms. The topological polar surface area (TPSA) is 225 Å². The summed E-state index contributed by atoms with van der Waals surface area (Å²) in [6, 6.07) is 14.7. The van der Waals surface area contributed by atoms with Gasteiger partial charge in [-0.25, -0.2) is 14.1 Å². The molecule has 1 fully saturated rings. The summed E-state index contributed by atoms with van der Waals surface area (Å²) >= 11 is 1.18. The van der Waals surface area contributed by atoms with Crippen molar-refractivity contribution in [1.82, 2.24) is 45.3 Å². The maximum absolute atomic E-state index is 14.4. The molecule has 4 N–H and O–H groups in total. The molecular weight excluding hydrogens is 824 g/mol. The van der Waals surface area contributed by atoms with Gasteiger partial charge >= 0.3 is 0 Å². The summed E-state index contributed by atoms with van der Waals surface area (Å²) in [7, 11) is 0. The second-order valence-corrected chi connectivity index (χ2v) is 15.5. The lowest BCUT2D eigenvalue weighted by Gasteiger charge is -2.27. The molecule has 0 saturated carbocycles. The SMILES string of the molecule is O=C(CCOCCOCCn1cc(-c2ccc3c(c2)C(=O)N(C(C(=O)Nc2nccs2)c2cc(F)ccc2O)C3)nn1)NCCn1nc(C2CCC(=O)NC2=O)c2ccccc21. The molecule has 5 amide bonds. The number of rotatable bonds is 18. The lowest BCUT2D eigenvalue weighted by Crippen LogP contribution is -2.39. The second-order valence-electron chi connectivity index (χ2n) is 14.6. The third kappa shape index (κ3) is 9.36. The van der Waals surface area contributed by atoms with E-state index < -0.39 is 29.6 Å². The van der Waals surface area contributed by atoms with Crippen LogP contribution in [-0.2, 0) is 48.3 Å². The van der Waals surface area contributed by atoms with Gasteiger partial charge in [0.15, 0.2) is 5.13 Å². The average molecular weight is 865 g/mol. The second kappa shape index (κ2) is 18.8. The van der Waals surface area contributed by atoms with Gasteiger partial charge in [-0.2, -0.15) is 5.10 Å². The van der Waals surface area contributed by atoms with Crippen LogP contribution in [0.15, 0.2) is 78.4 Å². The van der Waals surface area contributed by atoms with Crippen molar-refractivity contribution in [3.05, 3.63) is 107 Å². The Morgan fingerprint density at radius 1 is 1.02 bits per heavy atom. The molecule has 6 aromatic rings. The third-order valence-corrected chi connectivity index (χ3v) is 11.2. The zero-order valence-corrected chi connectivity index (χ0v) is 34.0. The number of halogens is 1. The number of amides is 5. The molecule has 3 aromatic carbocycles. The Labute approximate surface area is 357 Å². The molecule has 0 aliphatic carbocycles. The minimum absolute atomic E-state index is 0.0452. The number of ether oxygens (including phenoxy) is 2. The third-order valence-electron chi connectivity index (χ3n) is 10.5. The van der Waals surface area contributed by atoms with E-state index in [0.29, 0.717) is 72.5 Å². The number of fused-ring (bicyclic) bond motifs is 2. The average Bonchev–Trinajstić information content (AvgIpc) is 4.08. The molecule has 8 rings (SSSR count). The number of phenols is 1. The van der Waals surface area contributed by atoms with Crippen molar-refractivity contribution >= 4 is 56.9 Å². The van der Waals surface area contributed by atoms with E-state index in [-0.39, 0.29) is 61.6 Å². The number of aromatic nitrogens is 6. The van der Waals surface area contributed by atoms with Crippen molar-refractivity contribution in [3.8, 4) is 17.0 Å². The quantitative estimate of drug-likeness (QED) is 0.0718. The van der Waals surface area contributed by atoms with Gasteiger partial charge in [0.25, 0.3) is 11.8 Å². The monoisotopic (exact) mass is 864 g/mol. The number of hydrogen-bond donors (Lipinski definition) is 4. The molecule has 20 heteroatoms. The number of benzene rings is 3. The van der Waals surface area contributed by atoms with Crippen LogP contribution in [0.5, 0.6) is 5.75 Å². The van der Waals surface area contributed by atoms with E-state index in [1.165, 1.54) is 22.4 Å². The first-order valence-corrected chi connectivity index (χ1v) is 20.8. The molecular formula is C42H41FN10O8S. The summed E-state index contributed by atoms with van der Waals surface area (Å²) in [5, 5.41) is 34.5. The highest BCUT2D eigenvalue weighted by Gasteiger charge is 2.39. The number of imide groups is 1. The summed E-state index contributed by atoms with van der Waals surface area (Å²) in [6.07, 6.45) is 4.06. The van der Waals surface area contributed by atoms with Gasteiger partial charge in [-0.3, -0.25) is 39.3 Å². The van der Waals surface area contributed by atoms with Gasteiger partial charge in [-0.05, 0) is 42.3 Å². The van der Waals surface area contributed by atoms with E-state index >= 15 is 0 Å². The molecule has 3 aromatic heterocycles. The molecule has 1 saturated heterocycles. The van der Waals surface area contributed by atoms with Crippen molar-refractivity contribution in [1.29, 1.82) is 0 Å². The van der Waals surface area contributed by atoms with Crippen LogP contribution < -0.4 is 16.0 Å². The van der Waals surface area contributed by atoms with Crippen LogP contribution in [0.3, 0.4) is 0 Å². The van der Waals surface area contributed by atoms with Crippen LogP contribution in [0.25, 0.3) is 22.2 Å². The Balaban J connectivity index is 0.760. The van der Waals surface area contributed by atoms with E-state index in [1.807, 2.05) is 24.3 Å². The van der Waals surface area contributed by atoms with E-state index in [1.54, 1.807) is 39.1 Å². The van der Waals surface area contributed by atoms with Gasteiger partial charge in [-0.1, -0.05) is 35.5 Å². The molecule has 2 unspecified atom stereocenters. The highest BCUT2D eigenvalue weighted by molar-refractivity contribution is 7.13. The molecule has 18 nitrogen and oxygen atoms in total. The number of thiazole rings is 1. The predicted octanol–water partition coefficient (Wildman–Crippen LogP) is 3.69. The van der Waals surface area contributed by atoms with Gasteiger partial charge in [0.2, 0.25) is 17.7 Å². The fourth-order valence-corrected chi connectivity index (χ4v) is 7.99. The Hall–Kier alpha value is -6.90. The number of nitrogens with one attached hydrogen (secondary N) is 3. The predicted molar refractivity (Wildman–Crippen MR) is 221 cm³/mol. The number of hydrogen-bond acceptors (Lipinski definition) is 13. The summed E-state index contributed by atoms with van der Waals surface area (Å²) in [5.74, 6) is -3.45. The van der Waals surface area contributed by atoms with Gasteiger partial charge in [0.1, 0.15) is 23.3 Å². The van der Waals surface area contributed by atoms with Crippen molar-refractivity contribution in [2.75, 3.05) is 38.3 Å². The maximum Gasteiger partial charge on any atom is 0.255 e. The summed E-state index contributed by atoms with van der Waals surface area (Å²) in [6.45, 7) is 2.26. The number of piperidine rings is 1. The molecule has 5 heterocycles. The van der Waals surface area contributed by atoms with Gasteiger partial charge in [0.05, 0.1) is 62.8 Å². The zero-order valence-electron chi connectivity index (χ0n) is 33.2. The summed E-state index contributed by atoms with van der Waals surface area (Å²) < 4.78 is 29.0. The van der Waals surface area contributed by atoms with Gasteiger partial charge < -0.3 is 24.8 Å². The highest BCUT2D eigenvalue weighted by Crippen LogP contribution is 2.38. The number of carbonyl (C=O) groups is 5. The molecule has 320 valence electrons. The number of para-hydroxylation sites is 1. The fraction of sp³-hybridized carbons (Fsp3) is 0.310. The van der Waals surface area contributed by atoms with Crippen LogP contribution in [-0.4, -0.2) is 102 Å². The van der Waals surface area contributed by atoms with E-state index in [4.69, 9.17) is 9.47 Å². The summed E-state index contributed by atoms with van der Waals surface area (Å²) in [5.41, 5.74) is 3.52. The molecule has 0 radical (unpaired) electrons. The minimum Gasteiger partial charge on any atom is -0.508 e. The Morgan fingerprint density at radius 3 is 2.68 bits per heavy atom. The molecule has 0 bridgehead atoms. The smallest absolute Gasteiger partial charge is 0.255 e. The molecule has 2 aliphatic heterocycles. The largest absolute Gasteiger partial charge is 0.508 e. The summed E-state index contributed by atoms with van der Waals surface area (Å²) in [4.78, 5) is 69.4. The number of nitrogens with zero attached hydrogens (tertiary/aromatic N) is 7. The zero-order chi connectivity index (χ0) is 43.2. The van der Waals surface area contributed by atoms with Crippen LogP contribution in [0.1, 0.15) is 58.4 Å². The lowest BCUT2D eigenvalue weighted by molar-refractivity contribution is -0.134. The van der Waals surface area contributed by atoms with E-state index in [0.717, 1.165) is 29.1 Å². The van der Waals surface area contributed by atoms with Crippen molar-refractivity contribution in [3.63, 3.8) is 0 Å². The lowest BCUT2D eigenvalue weighted by atomic mass is 9.93. The Morgan fingerprint density at radius 2 is 1.85 bits per heavy atom. The molecule has 2 aliphatic rings. The van der Waals surface area contributed by atoms with Crippen molar-refractivity contribution < 1.29 is 42.9 Å². The Bertz CT molecular complexity index is 2630. The molecule has 2 atom stereocenters. The number of anilines is 1. The highest BCUT2D eigenvalue weighted by atomic mass is 32.1. The van der Waals surface area contributed by atoms with Crippen LogP contribution in [0.4, 0.5) is 9.52 Å². The van der Waals surface area contributed by atoms with Gasteiger partial charge in [0, 0.05) is 59.6 Å². The minimum atomic E-state index is -1.35. The normalized spacial score (nSPS) is 15.5. The standard InChI is InChI=1S/C42H41FN10O8S/c43-27-7-9-34(54)31(22-27)38(40(58)47-42-45-13-20-62-42)52-23-26-6-5-25(21-30(26)41(52)59)32-24-51(50-48-32)15-17-61-19-18-60-16-11-35(55)44-12-14-53-33-4-2-1-3-28(33)37(49-53)29-8-10-36(56)46-39(29)57/h1-7,9,13,20-22,24,29,38,54H,8,10-12,14-19,23H2,(H,44,55)(H,45,47,58)(H,46,56,57). The maximum atomic E-state index is 14.4. The van der Waals surface area contributed by atoms with Crippen LogP contribution in [0, 0.1) is 5.82 Å². The molecule has 62 heavy (non-hydrogen) atoms. The van der Waals surface area contributed by atoms with Crippen molar-refractivity contribution in [2.24, 2.45) is 0 Å². The Kier molecular flexibility index (Phi) is 12.7. The van der Waals surface area contributed by atoms with Crippen LogP contribution in [0.2, 0.25) is 0 Å². The number of aromatic hydroxyl groups is 1. The van der Waals surface area contributed by atoms with Gasteiger partial charge in [-0.15, -0.1) is 16.4 Å². The van der Waals surface area contributed by atoms with E-state index in [9.17, 15) is 33.5 Å². The number of carbonyl (C=O) groups excluding carboxylic acids is 5. The van der Waals surface area contributed by atoms with Crippen molar-refractivity contribution in [2.45, 2.75) is 50.9 Å². The first-order chi connectivity index (χ1) is 30.1. The fourth-order valence-electron chi connectivity index (χ4n) is 7.46. The number of phenolic OH excluding ortho intramolecular Hbond substituents is 1. The van der Waals surface area contributed by atoms with E-state index in [2.05, 4.69) is 36.3 Å².